The van der Waals surface area contributed by atoms with Crippen molar-refractivity contribution in [3.8, 4) is 5.69 Å². The monoisotopic (exact) mass is 470 g/mol. The van der Waals surface area contributed by atoms with Gasteiger partial charge in [0, 0.05) is 68.8 Å². The van der Waals surface area contributed by atoms with E-state index in [0.29, 0.717) is 0 Å². The molecule has 1 saturated heterocycles. The number of rotatable bonds is 5. The number of hydrogen-bond acceptors (Lipinski definition) is 5. The lowest BCUT2D eigenvalue weighted by molar-refractivity contribution is 0.229. The van der Waals surface area contributed by atoms with E-state index in [2.05, 4.69) is 52.5 Å². The molecule has 0 spiro atoms. The number of thiazole rings is 1. The first-order chi connectivity index (χ1) is 16.6. The highest BCUT2D eigenvalue weighted by molar-refractivity contribution is 7.15. The average Bonchev–Trinajstić information content (AvgIpc) is 3.62. The Labute approximate surface area is 202 Å². The molecular formula is C26H26N6OS. The summed E-state index contributed by atoms with van der Waals surface area (Å²) in [6.07, 6.45) is 7.61. The topological polar surface area (TPSA) is 57.5 Å². The molecule has 0 aliphatic carbocycles. The van der Waals surface area contributed by atoms with Gasteiger partial charge in [-0.2, -0.15) is 5.10 Å². The Kier molecular flexibility index (Phi) is 5.30. The van der Waals surface area contributed by atoms with Crippen LogP contribution in [0.1, 0.15) is 21.6 Å². The van der Waals surface area contributed by atoms with E-state index in [1.165, 1.54) is 21.6 Å². The highest BCUT2D eigenvalue weighted by Gasteiger charge is 2.28. The first kappa shape index (κ1) is 20.9. The summed E-state index contributed by atoms with van der Waals surface area (Å²) in [5, 5.41) is 5.35. The lowest BCUT2D eigenvalue weighted by atomic mass is 9.99. The summed E-state index contributed by atoms with van der Waals surface area (Å²) in [6.45, 7) is 3.31. The number of hydrogen-bond donors (Lipinski definition) is 0. The normalized spacial score (nSPS) is 15.8. The van der Waals surface area contributed by atoms with Gasteiger partial charge in [-0.3, -0.25) is 4.90 Å². The van der Waals surface area contributed by atoms with Crippen molar-refractivity contribution in [2.24, 2.45) is 0 Å². The average molecular weight is 471 g/mol. The molecule has 7 nitrogen and oxygen atoms in total. The molecule has 2 aromatic carbocycles. The number of anilines is 2. The molecule has 8 heteroatoms. The minimum absolute atomic E-state index is 0.0786. The Morgan fingerprint density at radius 1 is 1.00 bits per heavy atom. The van der Waals surface area contributed by atoms with E-state index in [9.17, 15) is 4.79 Å². The maximum atomic E-state index is 12.4. The van der Waals surface area contributed by atoms with E-state index in [1.54, 1.807) is 22.4 Å². The Balaban J connectivity index is 1.15. The lowest BCUT2D eigenvalue weighted by Crippen LogP contribution is -2.32. The fourth-order valence-electron chi connectivity index (χ4n) is 4.68. The van der Waals surface area contributed by atoms with Crippen LogP contribution in [0.3, 0.4) is 0 Å². The highest BCUT2D eigenvalue weighted by Crippen LogP contribution is 2.32. The van der Waals surface area contributed by atoms with Gasteiger partial charge in [-0.25, -0.2) is 14.5 Å². The molecule has 4 heterocycles. The van der Waals surface area contributed by atoms with Gasteiger partial charge in [0.2, 0.25) is 0 Å². The molecule has 0 unspecified atom stereocenters. The first-order valence-corrected chi connectivity index (χ1v) is 12.4. The van der Waals surface area contributed by atoms with Crippen molar-refractivity contribution in [3.63, 3.8) is 0 Å². The molecule has 4 aromatic rings. The number of likely N-dealkylation sites (N-methyl/N-ethyl adjacent to an activating group) is 1. The third-order valence-electron chi connectivity index (χ3n) is 6.63. The van der Waals surface area contributed by atoms with Crippen molar-refractivity contribution in [2.75, 3.05) is 36.5 Å². The molecule has 34 heavy (non-hydrogen) atoms. The van der Waals surface area contributed by atoms with Crippen molar-refractivity contribution in [2.45, 2.75) is 19.4 Å². The molecule has 2 aliphatic heterocycles. The number of urea groups is 1. The standard InChI is InChI=1S/C26H26N6OS/c1-29-13-14-31(26(29)33)23-8-5-20-9-12-30(18-21(20)16-23)25-27-17-24(34-25)15-19-3-6-22(7-4-19)32-11-2-10-28-32/h2-8,10-11,16-17H,9,12-15,18H2,1H3. The van der Waals surface area contributed by atoms with Gasteiger partial charge < -0.3 is 9.80 Å². The fourth-order valence-corrected chi connectivity index (χ4v) is 5.65. The summed E-state index contributed by atoms with van der Waals surface area (Å²) in [4.78, 5) is 24.4. The number of fused-ring (bicyclic) bond motifs is 1. The van der Waals surface area contributed by atoms with Crippen LogP contribution < -0.4 is 9.80 Å². The number of amides is 2. The minimum Gasteiger partial charge on any atom is -0.343 e. The van der Waals surface area contributed by atoms with Gasteiger partial charge in [-0.15, -0.1) is 11.3 Å². The Morgan fingerprint density at radius 3 is 2.62 bits per heavy atom. The maximum absolute atomic E-state index is 12.4. The largest absolute Gasteiger partial charge is 0.343 e. The summed E-state index contributed by atoms with van der Waals surface area (Å²) < 4.78 is 1.87. The van der Waals surface area contributed by atoms with Crippen LogP contribution in [0.4, 0.5) is 15.6 Å². The zero-order valence-corrected chi connectivity index (χ0v) is 19.9. The molecule has 0 bridgehead atoms. The van der Waals surface area contributed by atoms with Gasteiger partial charge in [0.15, 0.2) is 5.13 Å². The zero-order chi connectivity index (χ0) is 23.1. The SMILES string of the molecule is CN1CCN(c2ccc3c(c2)CN(c2ncc(Cc4ccc(-n5cccn5)cc4)s2)CC3)C1=O. The van der Waals surface area contributed by atoms with Crippen LogP contribution in [-0.4, -0.2) is 52.4 Å². The van der Waals surface area contributed by atoms with E-state index in [4.69, 9.17) is 4.98 Å². The predicted octanol–water partition coefficient (Wildman–Crippen LogP) is 4.35. The third-order valence-corrected chi connectivity index (χ3v) is 7.68. The summed E-state index contributed by atoms with van der Waals surface area (Å²) in [5.74, 6) is 0. The molecule has 2 aromatic heterocycles. The zero-order valence-electron chi connectivity index (χ0n) is 19.1. The lowest BCUT2D eigenvalue weighted by Gasteiger charge is -2.29. The van der Waals surface area contributed by atoms with Crippen molar-refractivity contribution in [1.82, 2.24) is 19.7 Å². The second-order valence-corrected chi connectivity index (χ2v) is 9.98. The van der Waals surface area contributed by atoms with Crippen LogP contribution in [0, 0.1) is 0 Å². The van der Waals surface area contributed by atoms with Gasteiger partial charge in [-0.05, 0) is 53.4 Å². The van der Waals surface area contributed by atoms with Crippen molar-refractivity contribution >= 4 is 28.2 Å². The predicted molar refractivity (Wildman–Crippen MR) is 135 cm³/mol. The molecule has 0 radical (unpaired) electrons. The Hall–Kier alpha value is -3.65. The van der Waals surface area contributed by atoms with E-state index in [1.807, 2.05) is 35.1 Å². The van der Waals surface area contributed by atoms with Crippen LogP contribution in [0.15, 0.2) is 67.1 Å². The highest BCUT2D eigenvalue weighted by atomic mass is 32.1. The van der Waals surface area contributed by atoms with Crippen LogP contribution in [0.25, 0.3) is 5.69 Å². The van der Waals surface area contributed by atoms with E-state index in [0.717, 1.165) is 55.5 Å². The molecule has 1 fully saturated rings. The molecule has 6 rings (SSSR count). The van der Waals surface area contributed by atoms with Crippen molar-refractivity contribution in [3.05, 3.63) is 88.7 Å². The number of benzene rings is 2. The van der Waals surface area contributed by atoms with Crippen molar-refractivity contribution < 1.29 is 4.79 Å². The van der Waals surface area contributed by atoms with Crippen LogP contribution in [-0.2, 0) is 19.4 Å². The number of aromatic nitrogens is 3. The molecule has 2 aliphatic rings. The quantitative estimate of drug-likeness (QED) is 0.435. The van der Waals surface area contributed by atoms with Crippen LogP contribution in [0.2, 0.25) is 0 Å². The maximum Gasteiger partial charge on any atom is 0.324 e. The van der Waals surface area contributed by atoms with Gasteiger partial charge >= 0.3 is 6.03 Å². The number of carbonyl (C=O) groups is 1. The second-order valence-electron chi connectivity index (χ2n) is 8.88. The number of nitrogens with zero attached hydrogens (tertiary/aromatic N) is 6. The third kappa shape index (κ3) is 3.94. The Bertz CT molecular complexity index is 1310. The summed E-state index contributed by atoms with van der Waals surface area (Å²) in [6, 6.07) is 17.0. The molecular weight excluding hydrogens is 444 g/mol. The van der Waals surface area contributed by atoms with Gasteiger partial charge in [0.1, 0.15) is 0 Å². The smallest absolute Gasteiger partial charge is 0.324 e. The van der Waals surface area contributed by atoms with Gasteiger partial charge in [0.05, 0.1) is 5.69 Å². The van der Waals surface area contributed by atoms with Gasteiger partial charge in [-0.1, -0.05) is 18.2 Å². The van der Waals surface area contributed by atoms with Crippen molar-refractivity contribution in [1.29, 1.82) is 0 Å². The van der Waals surface area contributed by atoms with E-state index in [-0.39, 0.29) is 6.03 Å². The minimum atomic E-state index is 0.0786. The molecule has 0 atom stereocenters. The summed E-state index contributed by atoms with van der Waals surface area (Å²) in [7, 11) is 1.86. The Morgan fingerprint density at radius 2 is 1.85 bits per heavy atom. The van der Waals surface area contributed by atoms with E-state index < -0.39 is 0 Å². The first-order valence-electron chi connectivity index (χ1n) is 11.6. The summed E-state index contributed by atoms with van der Waals surface area (Å²) in [5.41, 5.74) is 5.98. The summed E-state index contributed by atoms with van der Waals surface area (Å²) >= 11 is 1.77. The number of carbonyl (C=O) groups excluding carboxylic acids is 1. The molecule has 172 valence electrons. The fraction of sp³-hybridized carbons (Fsp3) is 0.269. The van der Waals surface area contributed by atoms with Gasteiger partial charge in [0.25, 0.3) is 0 Å². The van der Waals surface area contributed by atoms with Crippen LogP contribution in [0.5, 0.6) is 0 Å². The molecule has 0 saturated carbocycles. The van der Waals surface area contributed by atoms with Crippen LogP contribution >= 0.6 is 11.3 Å². The van der Waals surface area contributed by atoms with E-state index >= 15 is 0 Å². The molecule has 2 amide bonds. The second kappa shape index (κ2) is 8.61. The molecule has 0 N–H and O–H groups in total.